The van der Waals surface area contributed by atoms with Gasteiger partial charge in [-0.15, -0.1) is 0 Å². The zero-order valence-electron chi connectivity index (χ0n) is 16.5. The maximum absolute atomic E-state index is 13.9. The van der Waals surface area contributed by atoms with E-state index in [4.69, 9.17) is 0 Å². The number of amides is 2. The summed E-state index contributed by atoms with van der Waals surface area (Å²) in [5.41, 5.74) is 1.23. The molecule has 2 amide bonds. The van der Waals surface area contributed by atoms with Crippen LogP contribution >= 0.6 is 0 Å². The summed E-state index contributed by atoms with van der Waals surface area (Å²) in [4.78, 5) is 27.4. The number of para-hydroxylation sites is 1. The molecule has 28 heavy (non-hydrogen) atoms. The predicted octanol–water partition coefficient (Wildman–Crippen LogP) is 4.21. The Morgan fingerprint density at radius 1 is 1.04 bits per heavy atom. The van der Waals surface area contributed by atoms with E-state index in [1.165, 1.54) is 0 Å². The van der Waals surface area contributed by atoms with Crippen LogP contribution in [0.2, 0.25) is 0 Å². The molecule has 1 aliphatic heterocycles. The molecule has 3 fully saturated rings. The molecule has 2 aliphatic carbocycles. The number of hydrazine groups is 1. The molecule has 0 aromatic heterocycles. The molecule has 144 valence electrons. The topological polar surface area (TPSA) is 40.6 Å². The molecule has 2 aromatic carbocycles. The highest BCUT2D eigenvalue weighted by atomic mass is 16.2. The van der Waals surface area contributed by atoms with Crippen LogP contribution in [0, 0.1) is 16.7 Å². The number of carbonyl (C=O) groups excluding carboxylic acids is 2. The van der Waals surface area contributed by atoms with Gasteiger partial charge in [-0.25, -0.2) is 10.0 Å². The molecule has 2 aromatic rings. The fourth-order valence-electron chi connectivity index (χ4n) is 6.14. The van der Waals surface area contributed by atoms with Crippen molar-refractivity contribution >= 4 is 17.5 Å². The predicted molar refractivity (Wildman–Crippen MR) is 108 cm³/mol. The number of fused-ring (bicyclic) bond motifs is 1. The van der Waals surface area contributed by atoms with Crippen molar-refractivity contribution in [3.05, 3.63) is 66.2 Å². The lowest BCUT2D eigenvalue weighted by atomic mass is 9.67. The second-order valence-electron chi connectivity index (χ2n) is 9.03. The summed E-state index contributed by atoms with van der Waals surface area (Å²) in [6.45, 7) is 4.47. The second-order valence-corrected chi connectivity index (χ2v) is 9.03. The van der Waals surface area contributed by atoms with Crippen molar-refractivity contribution in [2.24, 2.45) is 16.7 Å². The molecule has 1 heterocycles. The largest absolute Gasteiger partial charge is 0.273 e. The van der Waals surface area contributed by atoms with Crippen molar-refractivity contribution < 1.29 is 9.59 Å². The van der Waals surface area contributed by atoms with E-state index in [-0.39, 0.29) is 23.3 Å². The Balaban J connectivity index is 1.59. The minimum absolute atomic E-state index is 0.00799. The fraction of sp³-hybridized carbons (Fsp3) is 0.417. The monoisotopic (exact) mass is 374 g/mol. The SMILES string of the molecule is CC1(C)[C@@H]2CC[C@]13C(=O)N(c1ccccc1)N(C(=O)Cc1ccccc1)[C@@H]3C2. The van der Waals surface area contributed by atoms with E-state index in [0.29, 0.717) is 12.3 Å². The van der Waals surface area contributed by atoms with Crippen molar-refractivity contribution in [2.75, 3.05) is 5.01 Å². The summed E-state index contributed by atoms with van der Waals surface area (Å²) in [5, 5.41) is 3.50. The van der Waals surface area contributed by atoms with Crippen molar-refractivity contribution in [3.63, 3.8) is 0 Å². The maximum Gasteiger partial charge on any atom is 0.254 e. The van der Waals surface area contributed by atoms with Gasteiger partial charge in [-0.2, -0.15) is 0 Å². The van der Waals surface area contributed by atoms with Crippen LogP contribution in [-0.2, 0) is 16.0 Å². The average molecular weight is 374 g/mol. The summed E-state index contributed by atoms with van der Waals surface area (Å²) in [6, 6.07) is 19.4. The molecular weight excluding hydrogens is 348 g/mol. The molecule has 5 rings (SSSR count). The van der Waals surface area contributed by atoms with E-state index >= 15 is 0 Å². The zero-order chi connectivity index (χ0) is 19.5. The molecule has 3 aliphatic rings. The van der Waals surface area contributed by atoms with E-state index < -0.39 is 5.41 Å². The highest BCUT2D eigenvalue weighted by molar-refractivity contribution is 6.05. The van der Waals surface area contributed by atoms with E-state index in [1.807, 2.05) is 65.7 Å². The zero-order valence-corrected chi connectivity index (χ0v) is 16.5. The fourth-order valence-corrected chi connectivity index (χ4v) is 6.14. The Bertz CT molecular complexity index is 924. The first-order chi connectivity index (χ1) is 13.5. The smallest absolute Gasteiger partial charge is 0.254 e. The highest BCUT2D eigenvalue weighted by Crippen LogP contribution is 2.70. The molecule has 1 saturated heterocycles. The lowest BCUT2D eigenvalue weighted by Crippen LogP contribution is -2.48. The van der Waals surface area contributed by atoms with Crippen molar-refractivity contribution in [2.45, 2.75) is 45.6 Å². The molecule has 1 spiro atoms. The average Bonchev–Trinajstić information content (AvgIpc) is 3.22. The van der Waals surface area contributed by atoms with Crippen LogP contribution in [0.4, 0.5) is 5.69 Å². The Morgan fingerprint density at radius 3 is 2.32 bits per heavy atom. The molecule has 4 heteroatoms. The van der Waals surface area contributed by atoms with Crippen LogP contribution in [0.5, 0.6) is 0 Å². The van der Waals surface area contributed by atoms with Gasteiger partial charge in [-0.3, -0.25) is 9.59 Å². The van der Waals surface area contributed by atoms with Gasteiger partial charge in [0.25, 0.3) is 5.91 Å². The number of anilines is 1. The summed E-state index contributed by atoms with van der Waals surface area (Å²) < 4.78 is 0. The Kier molecular flexibility index (Phi) is 3.71. The molecular formula is C24H26N2O2. The minimum atomic E-state index is -0.458. The van der Waals surface area contributed by atoms with Gasteiger partial charge in [0.15, 0.2) is 0 Å². The third kappa shape index (κ3) is 2.12. The number of hydrogen-bond acceptors (Lipinski definition) is 2. The quantitative estimate of drug-likeness (QED) is 0.807. The first-order valence-corrected chi connectivity index (χ1v) is 10.2. The lowest BCUT2D eigenvalue weighted by Gasteiger charge is -2.34. The van der Waals surface area contributed by atoms with Gasteiger partial charge >= 0.3 is 0 Å². The minimum Gasteiger partial charge on any atom is -0.273 e. The van der Waals surface area contributed by atoms with E-state index in [2.05, 4.69) is 13.8 Å². The Morgan fingerprint density at radius 2 is 1.68 bits per heavy atom. The van der Waals surface area contributed by atoms with Gasteiger partial charge in [-0.05, 0) is 48.3 Å². The van der Waals surface area contributed by atoms with Crippen molar-refractivity contribution in [1.82, 2.24) is 5.01 Å². The molecule has 2 bridgehead atoms. The third-order valence-corrected chi connectivity index (χ3v) is 7.67. The van der Waals surface area contributed by atoms with Crippen LogP contribution in [-0.4, -0.2) is 22.9 Å². The van der Waals surface area contributed by atoms with Gasteiger partial charge in [0.1, 0.15) is 0 Å². The highest BCUT2D eigenvalue weighted by Gasteiger charge is 2.75. The number of nitrogens with zero attached hydrogens (tertiary/aromatic N) is 2. The Labute approximate surface area is 166 Å². The van der Waals surface area contributed by atoms with Crippen LogP contribution in [0.3, 0.4) is 0 Å². The van der Waals surface area contributed by atoms with Crippen LogP contribution in [0.1, 0.15) is 38.7 Å². The van der Waals surface area contributed by atoms with E-state index in [9.17, 15) is 9.59 Å². The summed E-state index contributed by atoms with van der Waals surface area (Å²) in [7, 11) is 0. The molecule has 2 saturated carbocycles. The number of carbonyl (C=O) groups is 2. The molecule has 0 unspecified atom stereocenters. The number of hydrogen-bond donors (Lipinski definition) is 0. The van der Waals surface area contributed by atoms with E-state index in [0.717, 1.165) is 30.5 Å². The normalized spacial score (nSPS) is 30.0. The van der Waals surface area contributed by atoms with Crippen LogP contribution < -0.4 is 5.01 Å². The number of benzene rings is 2. The van der Waals surface area contributed by atoms with Gasteiger partial charge in [0.2, 0.25) is 5.91 Å². The van der Waals surface area contributed by atoms with Crippen LogP contribution in [0.15, 0.2) is 60.7 Å². The number of rotatable bonds is 3. The molecule has 0 radical (unpaired) electrons. The van der Waals surface area contributed by atoms with Crippen molar-refractivity contribution in [1.29, 1.82) is 0 Å². The second kappa shape index (κ2) is 5.94. The van der Waals surface area contributed by atoms with E-state index in [1.54, 1.807) is 5.01 Å². The first-order valence-electron chi connectivity index (χ1n) is 10.2. The summed E-state index contributed by atoms with van der Waals surface area (Å²) >= 11 is 0. The van der Waals surface area contributed by atoms with Crippen molar-refractivity contribution in [3.8, 4) is 0 Å². The third-order valence-electron chi connectivity index (χ3n) is 7.67. The molecule has 3 atom stereocenters. The lowest BCUT2D eigenvalue weighted by molar-refractivity contribution is -0.134. The van der Waals surface area contributed by atoms with Gasteiger partial charge < -0.3 is 0 Å². The summed E-state index contributed by atoms with van der Waals surface area (Å²) in [5.74, 6) is 0.620. The standard InChI is InChI=1S/C24H26N2O2/c1-23(2)18-13-14-24(23)20(16-18)26(21(27)15-17-9-5-3-6-10-17)25(22(24)28)19-11-7-4-8-12-19/h3-12,18,20H,13-16H2,1-2H3/t18-,20-,24+/m1/s1. The Hall–Kier alpha value is -2.62. The van der Waals surface area contributed by atoms with Gasteiger partial charge in [0.05, 0.1) is 23.6 Å². The van der Waals surface area contributed by atoms with Crippen LogP contribution in [0.25, 0.3) is 0 Å². The summed E-state index contributed by atoms with van der Waals surface area (Å²) in [6.07, 6.45) is 3.20. The first kappa shape index (κ1) is 17.5. The van der Waals surface area contributed by atoms with Gasteiger partial charge in [-0.1, -0.05) is 62.4 Å². The molecule has 0 N–H and O–H groups in total. The maximum atomic E-state index is 13.9. The molecule has 4 nitrogen and oxygen atoms in total. The van der Waals surface area contributed by atoms with Gasteiger partial charge in [0, 0.05) is 0 Å².